The molecule has 0 radical (unpaired) electrons. The van der Waals surface area contributed by atoms with E-state index in [2.05, 4.69) is 4.98 Å². The van der Waals surface area contributed by atoms with Crippen LogP contribution in [-0.2, 0) is 33.9 Å². The second kappa shape index (κ2) is 15.9. The number of carbonyl (C=O) groups excluding carboxylic acids is 4. The summed E-state index contributed by atoms with van der Waals surface area (Å²) < 4.78 is 100. The Morgan fingerprint density at radius 1 is 1.10 bits per heavy atom. The van der Waals surface area contributed by atoms with Gasteiger partial charge in [-0.2, -0.15) is 13.2 Å². The lowest BCUT2D eigenvalue weighted by Gasteiger charge is -2.33. The van der Waals surface area contributed by atoms with E-state index in [0.717, 1.165) is 0 Å². The number of hydrogen-bond acceptors (Lipinski definition) is 10. The number of nitrogens with zero attached hydrogens (tertiary/aromatic N) is 2. The standard InChI is InChI=1S/C40H48ClF4N3O9S/c1-22-8-6-7-9-24-18-38(24,36(52)47-58(53,54)39(42)12-13-39)19-32(49)31-16-26(56-34-27-11-10-25(55-5)15-29(27)30(41)20-46-34)21-48(31)35(51)28(23(2)14-22)17-33(50)57-37(3,4)40(43,44)45/h7,9-11,15,20,22-24,26,28,31H,6,8,12-14,16-19,21H2,1-5H3,(H,47,52)/b9-7-/t22-,23-,24-,26-,28+,31+,38-/m1/s1. The van der Waals surface area contributed by atoms with E-state index in [4.69, 9.17) is 25.8 Å². The first-order valence-electron chi connectivity index (χ1n) is 19.3. The summed E-state index contributed by atoms with van der Waals surface area (Å²) in [6.07, 6.45) is -1.06. The Labute approximate surface area is 339 Å². The largest absolute Gasteiger partial charge is 0.497 e. The first-order chi connectivity index (χ1) is 27.0. The van der Waals surface area contributed by atoms with Gasteiger partial charge in [-0.25, -0.2) is 22.5 Å². The molecule has 1 aromatic carbocycles. The summed E-state index contributed by atoms with van der Waals surface area (Å²) in [6, 6.07) is 3.77. The number of Topliss-reactive ketones (excluding diaryl/α,β-unsaturated/α-hetero) is 1. The van der Waals surface area contributed by atoms with E-state index in [0.29, 0.717) is 54.7 Å². The lowest BCUT2D eigenvalue weighted by Crippen LogP contribution is -2.48. The van der Waals surface area contributed by atoms with E-state index < -0.39 is 98.5 Å². The zero-order valence-corrected chi connectivity index (χ0v) is 34.4. The van der Waals surface area contributed by atoms with Gasteiger partial charge in [-0.05, 0) is 75.5 Å². The highest BCUT2D eigenvalue weighted by molar-refractivity contribution is 7.91. The summed E-state index contributed by atoms with van der Waals surface area (Å²) in [5.74, 6) is -5.30. The number of sulfonamides is 1. The van der Waals surface area contributed by atoms with E-state index >= 15 is 0 Å². The number of amides is 2. The van der Waals surface area contributed by atoms with E-state index in [1.165, 1.54) is 18.2 Å². The molecule has 6 rings (SSSR count). The first-order valence-corrected chi connectivity index (χ1v) is 21.2. The smallest absolute Gasteiger partial charge is 0.427 e. The van der Waals surface area contributed by atoms with Crippen molar-refractivity contribution in [1.29, 1.82) is 0 Å². The lowest BCUT2D eigenvalue weighted by molar-refractivity contribution is -0.257. The van der Waals surface area contributed by atoms with Crippen LogP contribution in [0.3, 0.4) is 0 Å². The lowest BCUT2D eigenvalue weighted by atomic mass is 9.82. The third-order valence-corrected chi connectivity index (χ3v) is 14.2. The summed E-state index contributed by atoms with van der Waals surface area (Å²) in [7, 11) is -3.21. The first kappa shape index (κ1) is 43.6. The van der Waals surface area contributed by atoms with Crippen molar-refractivity contribution in [2.24, 2.45) is 29.1 Å². The molecule has 1 N–H and O–H groups in total. The Morgan fingerprint density at radius 2 is 1.81 bits per heavy atom. The molecule has 2 aliphatic carbocycles. The van der Waals surface area contributed by atoms with E-state index in [1.807, 2.05) is 17.7 Å². The van der Waals surface area contributed by atoms with Crippen molar-refractivity contribution in [3.8, 4) is 11.6 Å². The normalized spacial score (nSPS) is 29.7. The Balaban J connectivity index is 1.36. The molecule has 318 valence electrons. The predicted molar refractivity (Wildman–Crippen MR) is 204 cm³/mol. The fourth-order valence-corrected chi connectivity index (χ4v) is 9.55. The number of esters is 1. The van der Waals surface area contributed by atoms with Crippen LogP contribution >= 0.6 is 11.6 Å². The minimum atomic E-state index is -4.89. The topological polar surface area (TPSA) is 158 Å². The maximum Gasteiger partial charge on any atom is 0.427 e. The van der Waals surface area contributed by atoms with Crippen molar-refractivity contribution in [1.82, 2.24) is 14.6 Å². The molecule has 3 fully saturated rings. The average Bonchev–Trinajstić information content (AvgIpc) is 4.02. The van der Waals surface area contributed by atoms with Gasteiger partial charge in [0.15, 0.2) is 5.78 Å². The number of ketones is 1. The van der Waals surface area contributed by atoms with Gasteiger partial charge in [0.05, 0.1) is 48.7 Å². The third kappa shape index (κ3) is 8.80. The fraction of sp³-hybridized carbons (Fsp3) is 0.625. The number of ether oxygens (including phenoxy) is 3. The zero-order chi connectivity index (χ0) is 42.6. The Morgan fingerprint density at radius 3 is 2.47 bits per heavy atom. The number of allylic oxidation sites excluding steroid dienone is 2. The monoisotopic (exact) mass is 857 g/mol. The zero-order valence-electron chi connectivity index (χ0n) is 32.9. The molecule has 0 spiro atoms. The molecule has 58 heavy (non-hydrogen) atoms. The number of halogens is 5. The summed E-state index contributed by atoms with van der Waals surface area (Å²) >= 11 is 6.44. The molecule has 2 aromatic rings. The maximum atomic E-state index is 14.8. The molecule has 7 atom stereocenters. The highest BCUT2D eigenvalue weighted by Gasteiger charge is 2.64. The van der Waals surface area contributed by atoms with Gasteiger partial charge in [-0.1, -0.05) is 37.6 Å². The third-order valence-electron chi connectivity index (χ3n) is 12.0. The van der Waals surface area contributed by atoms with E-state index in [9.17, 15) is 45.2 Å². The SMILES string of the molecule is COc1ccc2c(O[C@@H]3C[C@H]4C(=O)C[C@]5(C(=O)NS(=O)(=O)C6(F)CC6)C[C@H]5/C=C\CC[C@@H](C)C[C@@H](C)[C@H](CC(=O)OC(C)(C)C(F)(F)F)C(=O)N4C3)ncc(Cl)c2c1. The molecule has 1 saturated heterocycles. The number of benzene rings is 1. The van der Waals surface area contributed by atoms with Crippen LogP contribution in [-0.4, -0.2) is 84.4 Å². The van der Waals surface area contributed by atoms with Gasteiger partial charge in [0, 0.05) is 36.5 Å². The number of methoxy groups -OCH3 is 1. The van der Waals surface area contributed by atoms with Crippen LogP contribution < -0.4 is 14.2 Å². The second-order valence-corrected chi connectivity index (χ2v) is 19.2. The Kier molecular flexibility index (Phi) is 11.9. The summed E-state index contributed by atoms with van der Waals surface area (Å²) in [6.45, 7) is 4.88. The van der Waals surface area contributed by atoms with Crippen LogP contribution in [0.1, 0.15) is 85.5 Å². The highest BCUT2D eigenvalue weighted by atomic mass is 35.5. The van der Waals surface area contributed by atoms with Crippen molar-refractivity contribution < 1.29 is 59.4 Å². The molecule has 12 nitrogen and oxygen atoms in total. The molecule has 3 heterocycles. The summed E-state index contributed by atoms with van der Waals surface area (Å²) in [4.78, 5) is 62.0. The molecule has 2 saturated carbocycles. The molecule has 18 heteroatoms. The molecular formula is C40H48ClF4N3O9S. The molecule has 2 aliphatic heterocycles. The summed E-state index contributed by atoms with van der Waals surface area (Å²) in [5, 5.41) is -1.23. The van der Waals surface area contributed by atoms with Crippen LogP contribution in [0, 0.1) is 29.1 Å². The van der Waals surface area contributed by atoms with Crippen molar-refractivity contribution >= 4 is 56.0 Å². The number of aromatic nitrogens is 1. The molecule has 1 aromatic heterocycles. The number of rotatable bonds is 9. The van der Waals surface area contributed by atoms with Crippen LogP contribution in [0.2, 0.25) is 5.02 Å². The maximum absolute atomic E-state index is 14.8. The second-order valence-electron chi connectivity index (χ2n) is 16.8. The number of alkyl halides is 4. The van der Waals surface area contributed by atoms with Crippen molar-refractivity contribution in [2.75, 3.05) is 13.7 Å². The number of nitrogens with one attached hydrogen (secondary N) is 1. The minimum Gasteiger partial charge on any atom is -0.497 e. The average molecular weight is 858 g/mol. The van der Waals surface area contributed by atoms with Crippen LogP contribution in [0.15, 0.2) is 36.5 Å². The van der Waals surface area contributed by atoms with Crippen LogP contribution in [0.4, 0.5) is 17.6 Å². The van der Waals surface area contributed by atoms with Crippen molar-refractivity contribution in [3.05, 3.63) is 41.6 Å². The summed E-state index contributed by atoms with van der Waals surface area (Å²) in [5.41, 5.74) is -4.40. The van der Waals surface area contributed by atoms with Crippen molar-refractivity contribution in [3.63, 3.8) is 0 Å². The van der Waals surface area contributed by atoms with Crippen LogP contribution in [0.25, 0.3) is 10.8 Å². The van der Waals surface area contributed by atoms with Gasteiger partial charge in [0.2, 0.25) is 28.3 Å². The van der Waals surface area contributed by atoms with Gasteiger partial charge in [0.25, 0.3) is 10.0 Å². The molecular weight excluding hydrogens is 810 g/mol. The predicted octanol–water partition coefficient (Wildman–Crippen LogP) is 7.02. The molecule has 0 bridgehead atoms. The number of carbonyl (C=O) groups is 4. The van der Waals surface area contributed by atoms with Gasteiger partial charge in [-0.3, -0.25) is 19.2 Å². The van der Waals surface area contributed by atoms with Gasteiger partial charge in [0.1, 0.15) is 11.9 Å². The van der Waals surface area contributed by atoms with Crippen molar-refractivity contribution in [2.45, 2.75) is 114 Å². The molecule has 4 aliphatic rings. The number of fused-ring (bicyclic) bond motifs is 3. The number of hydrogen-bond donors (Lipinski definition) is 1. The fourth-order valence-electron chi connectivity index (χ4n) is 8.08. The molecule has 2 amide bonds. The van der Waals surface area contributed by atoms with E-state index in [-0.39, 0.29) is 44.0 Å². The Bertz CT molecular complexity index is 2110. The van der Waals surface area contributed by atoms with Crippen LogP contribution in [0.5, 0.6) is 11.6 Å². The molecule has 0 unspecified atom stereocenters. The number of pyridine rings is 1. The van der Waals surface area contributed by atoms with Gasteiger partial charge < -0.3 is 19.1 Å². The highest BCUT2D eigenvalue weighted by Crippen LogP contribution is 2.58. The van der Waals surface area contributed by atoms with Gasteiger partial charge in [-0.15, -0.1) is 0 Å². The Hall–Kier alpha value is -3.99. The van der Waals surface area contributed by atoms with Gasteiger partial charge >= 0.3 is 12.1 Å². The minimum absolute atomic E-state index is 0.0330. The van der Waals surface area contributed by atoms with E-state index in [1.54, 1.807) is 31.2 Å². The quantitative estimate of drug-likeness (QED) is 0.158.